The van der Waals surface area contributed by atoms with Crippen LogP contribution in [-0.4, -0.2) is 42.5 Å². The molecule has 0 amide bonds. The largest absolute Gasteiger partial charge is 0.301 e. The molecule has 0 aliphatic carbocycles. The average molecular weight is 362 g/mol. The summed E-state index contributed by atoms with van der Waals surface area (Å²) in [6, 6.07) is 5.34. The molecular weight excluding hydrogens is 342 g/mol. The van der Waals surface area contributed by atoms with Crippen molar-refractivity contribution in [1.29, 1.82) is 0 Å². The highest BCUT2D eigenvalue weighted by molar-refractivity contribution is 14.1. The van der Waals surface area contributed by atoms with E-state index in [0.717, 1.165) is 41.9 Å². The van der Waals surface area contributed by atoms with Gasteiger partial charge >= 0.3 is 0 Å². The zero-order valence-electron chi connectivity index (χ0n) is 10.8. The summed E-state index contributed by atoms with van der Waals surface area (Å²) in [6.45, 7) is 8.45. The van der Waals surface area contributed by atoms with Gasteiger partial charge in [0.15, 0.2) is 0 Å². The molecule has 1 saturated heterocycles. The highest BCUT2D eigenvalue weighted by Crippen LogP contribution is 2.15. The van der Waals surface area contributed by atoms with Crippen molar-refractivity contribution in [1.82, 2.24) is 9.80 Å². The van der Waals surface area contributed by atoms with E-state index in [1.807, 2.05) is 12.1 Å². The Morgan fingerprint density at radius 3 is 2.50 bits per heavy atom. The van der Waals surface area contributed by atoms with Crippen LogP contribution >= 0.6 is 22.6 Å². The van der Waals surface area contributed by atoms with Crippen molar-refractivity contribution in [3.05, 3.63) is 33.1 Å². The van der Waals surface area contributed by atoms with Crippen LogP contribution in [0.5, 0.6) is 0 Å². The molecule has 4 heteroatoms. The van der Waals surface area contributed by atoms with Gasteiger partial charge in [-0.25, -0.2) is 4.39 Å². The molecule has 2 nitrogen and oxygen atoms in total. The highest BCUT2D eigenvalue weighted by atomic mass is 127. The minimum absolute atomic E-state index is 0.0774. The number of benzene rings is 1. The van der Waals surface area contributed by atoms with Gasteiger partial charge in [0.25, 0.3) is 0 Å². The van der Waals surface area contributed by atoms with Gasteiger partial charge in [0, 0.05) is 41.9 Å². The van der Waals surface area contributed by atoms with Gasteiger partial charge in [-0.15, -0.1) is 0 Å². The van der Waals surface area contributed by atoms with Gasteiger partial charge in [0.1, 0.15) is 5.82 Å². The van der Waals surface area contributed by atoms with Crippen molar-refractivity contribution >= 4 is 22.6 Å². The SMILES string of the molecule is CCCN1CCN(Cc2cc(I)ccc2F)CC1. The summed E-state index contributed by atoms with van der Waals surface area (Å²) in [5.74, 6) is -0.0774. The molecule has 0 unspecified atom stereocenters. The summed E-state index contributed by atoms with van der Waals surface area (Å²) in [5, 5.41) is 0. The van der Waals surface area contributed by atoms with Crippen LogP contribution in [0.3, 0.4) is 0 Å². The summed E-state index contributed by atoms with van der Waals surface area (Å²) in [4.78, 5) is 4.84. The van der Waals surface area contributed by atoms with Crippen molar-refractivity contribution in [3.8, 4) is 0 Å². The van der Waals surface area contributed by atoms with E-state index in [1.165, 1.54) is 13.0 Å². The molecule has 2 rings (SSSR count). The Bertz CT molecular complexity index is 389. The Kier molecular flexibility index (Phi) is 5.38. The predicted molar refractivity (Wildman–Crippen MR) is 81.1 cm³/mol. The third kappa shape index (κ3) is 3.90. The maximum atomic E-state index is 13.7. The zero-order valence-corrected chi connectivity index (χ0v) is 13.0. The molecule has 1 aliphatic rings. The molecule has 0 aromatic heterocycles. The second kappa shape index (κ2) is 6.82. The van der Waals surface area contributed by atoms with E-state index in [1.54, 1.807) is 6.07 Å². The van der Waals surface area contributed by atoms with E-state index < -0.39 is 0 Å². The quantitative estimate of drug-likeness (QED) is 0.760. The van der Waals surface area contributed by atoms with E-state index in [9.17, 15) is 4.39 Å². The first-order chi connectivity index (χ1) is 8.69. The van der Waals surface area contributed by atoms with E-state index in [0.29, 0.717) is 0 Å². The number of piperazine rings is 1. The normalized spacial score (nSPS) is 18.2. The molecule has 1 aromatic rings. The Hall–Kier alpha value is -0.200. The summed E-state index contributed by atoms with van der Waals surface area (Å²) >= 11 is 2.24. The Morgan fingerprint density at radius 2 is 1.83 bits per heavy atom. The lowest BCUT2D eigenvalue weighted by molar-refractivity contribution is 0.126. The minimum Gasteiger partial charge on any atom is -0.301 e. The number of halogens is 2. The van der Waals surface area contributed by atoms with Crippen LogP contribution in [0.1, 0.15) is 18.9 Å². The molecular formula is C14H20FIN2. The van der Waals surface area contributed by atoms with Gasteiger partial charge in [0.2, 0.25) is 0 Å². The van der Waals surface area contributed by atoms with Crippen molar-refractivity contribution in [2.24, 2.45) is 0 Å². The third-order valence-corrected chi connectivity index (χ3v) is 4.08. The molecule has 100 valence electrons. The van der Waals surface area contributed by atoms with E-state index in [-0.39, 0.29) is 5.82 Å². The van der Waals surface area contributed by atoms with Crippen LogP contribution < -0.4 is 0 Å². The monoisotopic (exact) mass is 362 g/mol. The van der Waals surface area contributed by atoms with Crippen LogP contribution in [0.25, 0.3) is 0 Å². The van der Waals surface area contributed by atoms with Gasteiger partial charge in [-0.1, -0.05) is 6.92 Å². The maximum absolute atomic E-state index is 13.7. The van der Waals surface area contributed by atoms with Crippen molar-refractivity contribution in [2.75, 3.05) is 32.7 Å². The first-order valence-electron chi connectivity index (χ1n) is 6.57. The smallest absolute Gasteiger partial charge is 0.127 e. The van der Waals surface area contributed by atoms with Crippen molar-refractivity contribution in [3.63, 3.8) is 0 Å². The molecule has 0 atom stereocenters. The fraction of sp³-hybridized carbons (Fsp3) is 0.571. The lowest BCUT2D eigenvalue weighted by Gasteiger charge is -2.34. The summed E-state index contributed by atoms with van der Waals surface area (Å²) in [5.41, 5.74) is 0.825. The zero-order chi connectivity index (χ0) is 13.0. The molecule has 1 aromatic carbocycles. The molecule has 1 aliphatic heterocycles. The molecule has 0 saturated carbocycles. The number of rotatable bonds is 4. The molecule has 0 radical (unpaired) electrons. The molecule has 1 heterocycles. The number of hydrogen-bond donors (Lipinski definition) is 0. The second-order valence-corrected chi connectivity index (χ2v) is 6.10. The fourth-order valence-electron chi connectivity index (χ4n) is 2.39. The number of nitrogens with zero attached hydrogens (tertiary/aromatic N) is 2. The topological polar surface area (TPSA) is 6.48 Å². The maximum Gasteiger partial charge on any atom is 0.127 e. The Labute approximate surface area is 122 Å². The molecule has 0 N–H and O–H groups in total. The van der Waals surface area contributed by atoms with E-state index in [2.05, 4.69) is 39.3 Å². The lowest BCUT2D eigenvalue weighted by Crippen LogP contribution is -2.46. The molecule has 0 spiro atoms. The first kappa shape index (κ1) is 14.2. The van der Waals surface area contributed by atoms with Gasteiger partial charge in [-0.2, -0.15) is 0 Å². The summed E-state index contributed by atoms with van der Waals surface area (Å²) in [6.07, 6.45) is 1.21. The minimum atomic E-state index is -0.0774. The first-order valence-corrected chi connectivity index (χ1v) is 7.65. The second-order valence-electron chi connectivity index (χ2n) is 4.85. The average Bonchev–Trinajstić information content (AvgIpc) is 2.37. The standard InChI is InChI=1S/C14H20FIN2/c1-2-5-17-6-8-18(9-7-17)11-12-10-13(16)3-4-14(12)15/h3-4,10H,2,5-9,11H2,1H3. The summed E-state index contributed by atoms with van der Waals surface area (Å²) in [7, 11) is 0. The number of hydrogen-bond acceptors (Lipinski definition) is 2. The van der Waals surface area contributed by atoms with Crippen LogP contribution in [0, 0.1) is 9.39 Å². The highest BCUT2D eigenvalue weighted by Gasteiger charge is 2.17. The Balaban J connectivity index is 1.89. The van der Waals surface area contributed by atoms with Gasteiger partial charge in [-0.3, -0.25) is 4.90 Å². The van der Waals surface area contributed by atoms with Gasteiger partial charge < -0.3 is 4.90 Å². The van der Waals surface area contributed by atoms with Gasteiger partial charge in [0.05, 0.1) is 0 Å². The fourth-order valence-corrected chi connectivity index (χ4v) is 2.95. The third-order valence-electron chi connectivity index (χ3n) is 3.41. The molecule has 18 heavy (non-hydrogen) atoms. The van der Waals surface area contributed by atoms with Crippen LogP contribution in [0.15, 0.2) is 18.2 Å². The molecule has 0 bridgehead atoms. The predicted octanol–water partition coefficient (Wildman–Crippen LogP) is 2.96. The van der Waals surface area contributed by atoms with Crippen molar-refractivity contribution in [2.45, 2.75) is 19.9 Å². The van der Waals surface area contributed by atoms with Crippen LogP contribution in [-0.2, 0) is 6.54 Å². The summed E-state index contributed by atoms with van der Waals surface area (Å²) < 4.78 is 14.8. The Morgan fingerprint density at radius 1 is 1.17 bits per heavy atom. The lowest BCUT2D eigenvalue weighted by atomic mass is 10.2. The molecule has 1 fully saturated rings. The van der Waals surface area contributed by atoms with Crippen molar-refractivity contribution < 1.29 is 4.39 Å². The van der Waals surface area contributed by atoms with Crippen LogP contribution in [0.2, 0.25) is 0 Å². The van der Waals surface area contributed by atoms with E-state index in [4.69, 9.17) is 0 Å². The van der Waals surface area contributed by atoms with Gasteiger partial charge in [-0.05, 0) is 53.8 Å². The van der Waals surface area contributed by atoms with E-state index >= 15 is 0 Å². The van der Waals surface area contributed by atoms with Crippen LogP contribution in [0.4, 0.5) is 4.39 Å².